The number of nitrogens with one attached hydrogen (secondary N) is 1. The van der Waals surface area contributed by atoms with Crippen molar-refractivity contribution in [3.63, 3.8) is 0 Å². The van der Waals surface area contributed by atoms with Crippen LogP contribution in [0.25, 0.3) is 6.08 Å². The Morgan fingerprint density at radius 2 is 2.00 bits per heavy atom. The molecule has 2 aromatic rings. The predicted octanol–water partition coefficient (Wildman–Crippen LogP) is 4.63. The van der Waals surface area contributed by atoms with Crippen LogP contribution in [0.2, 0.25) is 10.0 Å². The van der Waals surface area contributed by atoms with Gasteiger partial charge in [0.25, 0.3) is 0 Å². The highest BCUT2D eigenvalue weighted by Crippen LogP contribution is 2.21. The Bertz CT molecular complexity index is 680. The van der Waals surface area contributed by atoms with Crippen molar-refractivity contribution in [2.45, 2.75) is 13.5 Å². The van der Waals surface area contributed by atoms with Crippen molar-refractivity contribution in [2.24, 2.45) is 0 Å². The summed E-state index contributed by atoms with van der Waals surface area (Å²) in [5.41, 5.74) is 3.00. The molecule has 0 aromatic heterocycles. The normalized spacial score (nSPS) is 10.8. The van der Waals surface area contributed by atoms with Crippen molar-refractivity contribution in [3.8, 4) is 0 Å². The molecule has 0 aliphatic rings. The van der Waals surface area contributed by atoms with Gasteiger partial charge in [-0.05, 0) is 36.3 Å². The molecule has 0 aliphatic heterocycles. The smallest absolute Gasteiger partial charge is 0.244 e. The van der Waals surface area contributed by atoms with Crippen LogP contribution in [0.4, 0.5) is 0 Å². The molecule has 108 valence electrons. The van der Waals surface area contributed by atoms with Gasteiger partial charge in [0, 0.05) is 22.7 Å². The lowest BCUT2D eigenvalue weighted by Crippen LogP contribution is -2.20. The van der Waals surface area contributed by atoms with Crippen LogP contribution in [0.1, 0.15) is 16.7 Å². The number of carbonyl (C=O) groups is 1. The molecule has 0 spiro atoms. The Labute approximate surface area is 134 Å². The highest BCUT2D eigenvalue weighted by Gasteiger charge is 2.00. The summed E-state index contributed by atoms with van der Waals surface area (Å²) < 4.78 is 0. The van der Waals surface area contributed by atoms with E-state index in [9.17, 15) is 4.79 Å². The zero-order valence-corrected chi connectivity index (χ0v) is 13.1. The van der Waals surface area contributed by atoms with Crippen LogP contribution in [0.15, 0.2) is 48.5 Å². The summed E-state index contributed by atoms with van der Waals surface area (Å²) in [7, 11) is 0. The van der Waals surface area contributed by atoms with Crippen molar-refractivity contribution in [1.29, 1.82) is 0 Å². The molecule has 0 bridgehead atoms. The fraction of sp³-hybridized carbons (Fsp3) is 0.118. The lowest BCUT2D eigenvalue weighted by atomic mass is 10.1. The molecule has 0 radical (unpaired) electrons. The van der Waals surface area contributed by atoms with E-state index in [0.29, 0.717) is 16.6 Å². The van der Waals surface area contributed by atoms with Crippen molar-refractivity contribution in [3.05, 3.63) is 75.3 Å². The molecule has 0 saturated carbocycles. The summed E-state index contributed by atoms with van der Waals surface area (Å²) in [5, 5.41) is 3.92. The summed E-state index contributed by atoms with van der Waals surface area (Å²) in [6, 6.07) is 13.2. The van der Waals surface area contributed by atoms with Gasteiger partial charge in [-0.25, -0.2) is 0 Å². The number of hydrogen-bond acceptors (Lipinski definition) is 1. The van der Waals surface area contributed by atoms with E-state index in [1.165, 1.54) is 11.6 Å². The number of carbonyl (C=O) groups excluding carboxylic acids is 1. The topological polar surface area (TPSA) is 29.1 Å². The van der Waals surface area contributed by atoms with E-state index < -0.39 is 0 Å². The Morgan fingerprint density at radius 1 is 1.19 bits per heavy atom. The average molecular weight is 320 g/mol. The Kier molecular flexibility index (Phi) is 5.43. The number of rotatable bonds is 4. The molecule has 4 heteroatoms. The SMILES string of the molecule is Cc1cccc(CNC(=O)/C=C/c2ccc(Cl)cc2Cl)c1. The fourth-order valence-corrected chi connectivity index (χ4v) is 2.34. The quantitative estimate of drug-likeness (QED) is 0.818. The van der Waals surface area contributed by atoms with Gasteiger partial charge >= 0.3 is 0 Å². The number of benzene rings is 2. The fourth-order valence-electron chi connectivity index (χ4n) is 1.87. The first-order valence-electron chi connectivity index (χ1n) is 6.51. The summed E-state index contributed by atoms with van der Waals surface area (Å²) in [5.74, 6) is -0.164. The zero-order chi connectivity index (χ0) is 15.2. The second-order valence-electron chi connectivity index (χ2n) is 4.71. The summed E-state index contributed by atoms with van der Waals surface area (Å²) in [4.78, 5) is 11.8. The average Bonchev–Trinajstić information content (AvgIpc) is 2.44. The van der Waals surface area contributed by atoms with E-state index in [-0.39, 0.29) is 5.91 Å². The van der Waals surface area contributed by atoms with Crippen LogP contribution in [0.5, 0.6) is 0 Å². The van der Waals surface area contributed by atoms with Crippen molar-refractivity contribution < 1.29 is 4.79 Å². The minimum Gasteiger partial charge on any atom is -0.348 e. The molecule has 0 aliphatic carbocycles. The van der Waals surface area contributed by atoms with Gasteiger partial charge in [-0.15, -0.1) is 0 Å². The van der Waals surface area contributed by atoms with E-state index >= 15 is 0 Å². The van der Waals surface area contributed by atoms with Gasteiger partial charge in [0.15, 0.2) is 0 Å². The Morgan fingerprint density at radius 3 is 2.71 bits per heavy atom. The van der Waals surface area contributed by atoms with Gasteiger partial charge in [-0.3, -0.25) is 4.79 Å². The third-order valence-corrected chi connectivity index (χ3v) is 3.49. The van der Waals surface area contributed by atoms with Crippen molar-refractivity contribution in [1.82, 2.24) is 5.32 Å². The molecule has 2 aromatic carbocycles. The third kappa shape index (κ3) is 4.92. The van der Waals surface area contributed by atoms with Crippen molar-refractivity contribution >= 4 is 35.2 Å². The molecular weight excluding hydrogens is 305 g/mol. The van der Waals surface area contributed by atoms with E-state index in [2.05, 4.69) is 5.32 Å². The number of hydrogen-bond donors (Lipinski definition) is 1. The molecule has 0 fully saturated rings. The van der Waals surface area contributed by atoms with Gasteiger partial charge in [0.1, 0.15) is 0 Å². The summed E-state index contributed by atoms with van der Waals surface area (Å²) >= 11 is 11.9. The van der Waals surface area contributed by atoms with Gasteiger partial charge < -0.3 is 5.32 Å². The molecule has 0 heterocycles. The minimum absolute atomic E-state index is 0.164. The maximum Gasteiger partial charge on any atom is 0.244 e. The first-order chi connectivity index (χ1) is 10.0. The monoisotopic (exact) mass is 319 g/mol. The highest BCUT2D eigenvalue weighted by atomic mass is 35.5. The molecule has 0 unspecified atom stereocenters. The van der Waals surface area contributed by atoms with Crippen LogP contribution >= 0.6 is 23.2 Å². The molecule has 2 rings (SSSR count). The van der Waals surface area contributed by atoms with Gasteiger partial charge in [0.05, 0.1) is 0 Å². The zero-order valence-electron chi connectivity index (χ0n) is 11.6. The highest BCUT2D eigenvalue weighted by molar-refractivity contribution is 6.35. The van der Waals surface area contributed by atoms with Gasteiger partial charge in [0.2, 0.25) is 5.91 Å². The first-order valence-corrected chi connectivity index (χ1v) is 7.27. The maximum absolute atomic E-state index is 11.8. The molecule has 0 saturated heterocycles. The van der Waals surface area contributed by atoms with Crippen LogP contribution in [-0.4, -0.2) is 5.91 Å². The van der Waals surface area contributed by atoms with Crippen LogP contribution in [0.3, 0.4) is 0 Å². The second-order valence-corrected chi connectivity index (χ2v) is 5.55. The summed E-state index contributed by atoms with van der Waals surface area (Å²) in [6.07, 6.45) is 3.13. The van der Waals surface area contributed by atoms with E-state index in [1.54, 1.807) is 24.3 Å². The first kappa shape index (κ1) is 15.6. The molecule has 1 amide bonds. The molecule has 21 heavy (non-hydrogen) atoms. The van der Waals surface area contributed by atoms with Gasteiger partial charge in [-0.2, -0.15) is 0 Å². The van der Waals surface area contributed by atoms with E-state index in [0.717, 1.165) is 11.1 Å². The van der Waals surface area contributed by atoms with Crippen molar-refractivity contribution in [2.75, 3.05) is 0 Å². The maximum atomic E-state index is 11.8. The molecule has 1 N–H and O–H groups in total. The van der Waals surface area contributed by atoms with Crippen LogP contribution in [0, 0.1) is 6.92 Å². The lowest BCUT2D eigenvalue weighted by molar-refractivity contribution is -0.116. The summed E-state index contributed by atoms with van der Waals surface area (Å²) in [6.45, 7) is 2.52. The van der Waals surface area contributed by atoms with Gasteiger partial charge in [-0.1, -0.05) is 59.1 Å². The lowest BCUT2D eigenvalue weighted by Gasteiger charge is -2.04. The standard InChI is InChI=1S/C17H15Cl2NO/c1-12-3-2-4-13(9-12)11-20-17(21)8-6-14-5-7-15(18)10-16(14)19/h2-10H,11H2,1H3,(H,20,21)/b8-6+. The number of halogens is 2. The van der Waals surface area contributed by atoms with Crippen LogP contribution < -0.4 is 5.32 Å². The number of aryl methyl sites for hydroxylation is 1. The molecular formula is C17H15Cl2NO. The molecule has 2 nitrogen and oxygen atoms in total. The predicted molar refractivity (Wildman–Crippen MR) is 88.5 cm³/mol. The second kappa shape index (κ2) is 7.30. The number of amides is 1. The Hall–Kier alpha value is -1.77. The van der Waals surface area contributed by atoms with Crippen LogP contribution in [-0.2, 0) is 11.3 Å². The van der Waals surface area contributed by atoms with E-state index in [4.69, 9.17) is 23.2 Å². The largest absolute Gasteiger partial charge is 0.348 e. The Balaban J connectivity index is 1.93. The third-order valence-electron chi connectivity index (χ3n) is 2.93. The molecule has 0 atom stereocenters. The van der Waals surface area contributed by atoms with E-state index in [1.807, 2.05) is 31.2 Å². The minimum atomic E-state index is -0.164.